The number of anilines is 1. The maximum atomic E-state index is 14.1. The van der Waals surface area contributed by atoms with Crippen LogP contribution in [0.4, 0.5) is 10.5 Å². The maximum absolute atomic E-state index is 14.1. The van der Waals surface area contributed by atoms with Gasteiger partial charge in [-0.05, 0) is 42.8 Å². The molecule has 160 valence electrons. The number of hydrogen-bond donors (Lipinski definition) is 0. The van der Waals surface area contributed by atoms with Crippen molar-refractivity contribution in [1.82, 2.24) is 4.90 Å². The van der Waals surface area contributed by atoms with Crippen molar-refractivity contribution in [3.05, 3.63) is 94.5 Å². The number of para-hydroxylation sites is 1. The van der Waals surface area contributed by atoms with Gasteiger partial charge in [-0.1, -0.05) is 64.5 Å². The highest BCUT2D eigenvalue weighted by Crippen LogP contribution is 2.61. The van der Waals surface area contributed by atoms with Gasteiger partial charge in [0.1, 0.15) is 11.3 Å². The fourth-order valence-corrected chi connectivity index (χ4v) is 6.12. The predicted octanol–water partition coefficient (Wildman–Crippen LogP) is 5.52. The van der Waals surface area contributed by atoms with Gasteiger partial charge in [0, 0.05) is 21.9 Å². The summed E-state index contributed by atoms with van der Waals surface area (Å²) in [7, 11) is 0. The molecule has 3 amide bonds. The second-order valence-electron chi connectivity index (χ2n) is 8.76. The summed E-state index contributed by atoms with van der Waals surface area (Å²) in [5.74, 6) is 0.397. The number of hydrogen-bond acceptors (Lipinski definition) is 3. The normalized spacial score (nSPS) is 28.2. The molecular weight excluding hydrogens is 468 g/mol. The van der Waals surface area contributed by atoms with Crippen LogP contribution in [0.1, 0.15) is 30.0 Å². The molecule has 5 nitrogen and oxygen atoms in total. The van der Waals surface area contributed by atoms with E-state index in [-0.39, 0.29) is 29.8 Å². The Hall–Kier alpha value is -3.12. The molecule has 0 spiro atoms. The standard InChI is InChI=1S/C26H21BrN2O3/c1-26-22(16-7-3-2-4-8-16)20-15-32-21-10-6-5-9-19(21)23(20)29(26)25(31)28(24(26)30)18-13-11-17(27)12-14-18/h2-14,20,22-23H,15H2,1H3/t20-,22-,23+,26+/m1/s1. The molecular formula is C26H21BrN2O3. The first-order chi connectivity index (χ1) is 15.5. The molecule has 6 rings (SSSR count). The second-order valence-corrected chi connectivity index (χ2v) is 9.68. The van der Waals surface area contributed by atoms with Crippen molar-refractivity contribution in [2.45, 2.75) is 24.4 Å². The first kappa shape index (κ1) is 19.6. The summed E-state index contributed by atoms with van der Waals surface area (Å²) in [5.41, 5.74) is 1.59. The van der Waals surface area contributed by atoms with Crippen LogP contribution in [-0.4, -0.2) is 29.0 Å². The zero-order valence-corrected chi connectivity index (χ0v) is 19.0. The van der Waals surface area contributed by atoms with Gasteiger partial charge < -0.3 is 9.64 Å². The van der Waals surface area contributed by atoms with Crippen molar-refractivity contribution in [1.29, 1.82) is 0 Å². The van der Waals surface area contributed by atoms with Crippen LogP contribution in [0, 0.1) is 5.92 Å². The molecule has 3 heterocycles. The van der Waals surface area contributed by atoms with Gasteiger partial charge in [-0.3, -0.25) is 4.79 Å². The highest BCUT2D eigenvalue weighted by molar-refractivity contribution is 9.10. The number of carbonyl (C=O) groups is 2. The zero-order chi connectivity index (χ0) is 22.0. The molecule has 3 aromatic carbocycles. The molecule has 3 aliphatic heterocycles. The van der Waals surface area contributed by atoms with E-state index < -0.39 is 5.54 Å². The van der Waals surface area contributed by atoms with Gasteiger partial charge >= 0.3 is 6.03 Å². The summed E-state index contributed by atoms with van der Waals surface area (Å²) in [4.78, 5) is 31.1. The summed E-state index contributed by atoms with van der Waals surface area (Å²) >= 11 is 3.43. The minimum absolute atomic E-state index is 0.0164. The van der Waals surface area contributed by atoms with Crippen molar-refractivity contribution in [3.63, 3.8) is 0 Å². The molecule has 6 heteroatoms. The zero-order valence-electron chi connectivity index (χ0n) is 17.4. The fraction of sp³-hybridized carbons (Fsp3) is 0.231. The topological polar surface area (TPSA) is 49.9 Å². The van der Waals surface area contributed by atoms with Gasteiger partial charge in [0.2, 0.25) is 0 Å². The first-order valence-electron chi connectivity index (χ1n) is 10.7. The Morgan fingerprint density at radius 1 is 0.938 bits per heavy atom. The first-order valence-corrected chi connectivity index (χ1v) is 11.5. The number of fused-ring (bicyclic) bond motifs is 5. The van der Waals surface area contributed by atoms with E-state index in [9.17, 15) is 9.59 Å². The van der Waals surface area contributed by atoms with Gasteiger partial charge in [0.15, 0.2) is 0 Å². The second kappa shape index (κ2) is 6.94. The summed E-state index contributed by atoms with van der Waals surface area (Å²) in [6.45, 7) is 2.39. The van der Waals surface area contributed by atoms with Gasteiger partial charge in [0.05, 0.1) is 18.3 Å². The molecule has 32 heavy (non-hydrogen) atoms. The Labute approximate surface area is 194 Å². The maximum Gasteiger partial charge on any atom is 0.332 e. The Balaban J connectivity index is 1.56. The Bertz CT molecular complexity index is 1230. The molecule has 0 radical (unpaired) electrons. The van der Waals surface area contributed by atoms with Gasteiger partial charge in [-0.25, -0.2) is 9.69 Å². The van der Waals surface area contributed by atoms with E-state index in [4.69, 9.17) is 4.74 Å². The number of rotatable bonds is 2. The lowest BCUT2D eigenvalue weighted by molar-refractivity contribution is -0.124. The van der Waals surface area contributed by atoms with Crippen LogP contribution in [0.25, 0.3) is 0 Å². The average molecular weight is 489 g/mol. The summed E-state index contributed by atoms with van der Waals surface area (Å²) < 4.78 is 7.02. The molecule has 2 fully saturated rings. The summed E-state index contributed by atoms with van der Waals surface area (Å²) in [6, 6.07) is 24.7. The van der Waals surface area contributed by atoms with Crippen LogP contribution in [0.3, 0.4) is 0 Å². The van der Waals surface area contributed by atoms with Crippen LogP contribution in [0.5, 0.6) is 5.75 Å². The van der Waals surface area contributed by atoms with Crippen molar-refractivity contribution in [2.24, 2.45) is 5.92 Å². The van der Waals surface area contributed by atoms with Crippen LogP contribution in [0.2, 0.25) is 0 Å². The van der Waals surface area contributed by atoms with Gasteiger partial charge in [-0.15, -0.1) is 0 Å². The third-order valence-electron chi connectivity index (χ3n) is 7.16. The number of imide groups is 1. The molecule has 2 saturated heterocycles. The van der Waals surface area contributed by atoms with Crippen LogP contribution in [-0.2, 0) is 4.79 Å². The van der Waals surface area contributed by atoms with Crippen LogP contribution < -0.4 is 9.64 Å². The smallest absolute Gasteiger partial charge is 0.332 e. The number of halogens is 1. The van der Waals surface area contributed by atoms with E-state index in [0.29, 0.717) is 12.3 Å². The highest BCUT2D eigenvalue weighted by atomic mass is 79.9. The largest absolute Gasteiger partial charge is 0.493 e. The molecule has 0 aliphatic carbocycles. The lowest BCUT2D eigenvalue weighted by atomic mass is 9.73. The Kier molecular flexibility index (Phi) is 4.24. The number of nitrogens with zero attached hydrogens (tertiary/aromatic N) is 2. The minimum Gasteiger partial charge on any atom is -0.493 e. The van der Waals surface area contributed by atoms with E-state index in [1.165, 1.54) is 4.90 Å². The monoisotopic (exact) mass is 488 g/mol. The van der Waals surface area contributed by atoms with Gasteiger partial charge in [-0.2, -0.15) is 0 Å². The Morgan fingerprint density at radius 3 is 2.38 bits per heavy atom. The van der Waals surface area contributed by atoms with Crippen LogP contribution >= 0.6 is 15.9 Å². The molecule has 0 unspecified atom stereocenters. The molecule has 0 aromatic heterocycles. The average Bonchev–Trinajstić information content (AvgIpc) is 3.20. The SMILES string of the molecule is C[C@]12C(=O)N(c3ccc(Br)cc3)C(=O)N1[C@H]1c3ccccc3OC[C@@H]1[C@H]2c1ccccc1. The number of amides is 3. The molecule has 3 aliphatic rings. The number of carbonyl (C=O) groups excluding carboxylic acids is 2. The van der Waals surface area contributed by atoms with Gasteiger partial charge in [0.25, 0.3) is 5.91 Å². The highest BCUT2D eigenvalue weighted by Gasteiger charge is 2.70. The molecule has 4 atom stereocenters. The van der Waals surface area contributed by atoms with E-state index in [0.717, 1.165) is 21.3 Å². The van der Waals surface area contributed by atoms with E-state index in [1.807, 2.05) is 66.4 Å². The quantitative estimate of drug-likeness (QED) is 0.446. The minimum atomic E-state index is -1.01. The van der Waals surface area contributed by atoms with Crippen molar-refractivity contribution >= 4 is 33.6 Å². The van der Waals surface area contributed by atoms with Crippen molar-refractivity contribution in [3.8, 4) is 5.75 Å². The van der Waals surface area contributed by atoms with E-state index >= 15 is 0 Å². The molecule has 0 saturated carbocycles. The number of urea groups is 1. The lowest BCUT2D eigenvalue weighted by Crippen LogP contribution is -2.46. The molecule has 3 aromatic rings. The lowest BCUT2D eigenvalue weighted by Gasteiger charge is -2.34. The summed E-state index contributed by atoms with van der Waals surface area (Å²) in [6.07, 6.45) is 0. The van der Waals surface area contributed by atoms with E-state index in [1.54, 1.807) is 12.1 Å². The number of benzene rings is 3. The third kappa shape index (κ3) is 2.50. The molecule has 0 N–H and O–H groups in total. The van der Waals surface area contributed by atoms with E-state index in [2.05, 4.69) is 28.1 Å². The number of ether oxygens (including phenoxy) is 1. The predicted molar refractivity (Wildman–Crippen MR) is 125 cm³/mol. The Morgan fingerprint density at radius 2 is 1.62 bits per heavy atom. The third-order valence-corrected chi connectivity index (χ3v) is 7.69. The fourth-order valence-electron chi connectivity index (χ4n) is 5.85. The summed E-state index contributed by atoms with van der Waals surface area (Å²) in [5, 5.41) is 0. The van der Waals surface area contributed by atoms with Crippen molar-refractivity contribution < 1.29 is 14.3 Å². The van der Waals surface area contributed by atoms with Crippen molar-refractivity contribution in [2.75, 3.05) is 11.5 Å². The van der Waals surface area contributed by atoms with Crippen LogP contribution in [0.15, 0.2) is 83.3 Å². The molecule has 0 bridgehead atoms.